The third kappa shape index (κ3) is 7.41. The molecule has 206 valence electrons. The summed E-state index contributed by atoms with van der Waals surface area (Å²) in [6.45, 7) is -2.08. The number of aromatic hydroxyl groups is 1. The minimum Gasteiger partial charge on any atom is -0.508 e. The van der Waals surface area contributed by atoms with Crippen molar-refractivity contribution in [2.24, 2.45) is 0 Å². The molecule has 0 spiro atoms. The molecule has 2 aliphatic heterocycles. The first kappa shape index (κ1) is 29.1. The summed E-state index contributed by atoms with van der Waals surface area (Å²) in [4.78, 5) is 81.1. The van der Waals surface area contributed by atoms with Crippen LogP contribution in [-0.4, -0.2) is 107 Å². The van der Waals surface area contributed by atoms with Gasteiger partial charge in [-0.3, -0.25) is 30.0 Å². The smallest absolute Gasteiger partial charge is 0.337 e. The van der Waals surface area contributed by atoms with Gasteiger partial charge in [0.15, 0.2) is 12.3 Å². The fraction of sp³-hybridized carbons (Fsp3) is 0.316. The molecule has 9 N–H and O–H groups in total. The number of ether oxygens (including phenoxy) is 1. The Hall–Kier alpha value is -5.17. The average Bonchev–Trinajstić information content (AvgIpc) is 3.30. The molecule has 0 bridgehead atoms. The van der Waals surface area contributed by atoms with E-state index in [2.05, 4.69) is 26.0 Å². The van der Waals surface area contributed by atoms with Crippen LogP contribution in [0.15, 0.2) is 24.3 Å². The van der Waals surface area contributed by atoms with Crippen LogP contribution in [0.4, 0.5) is 19.2 Å². The SMILES string of the molecule is COC(=O)c1ccc(O)cc1.O=C(NCNC(=O)NC1C(=O)NC(=O)N1CO)NC1C(=O)NC(=O)N1CO. The van der Waals surface area contributed by atoms with Gasteiger partial charge in [0.1, 0.15) is 19.2 Å². The summed E-state index contributed by atoms with van der Waals surface area (Å²) in [6.07, 6.45) is -2.86. The summed E-state index contributed by atoms with van der Waals surface area (Å²) < 4.78 is 4.46. The zero-order valence-corrected chi connectivity index (χ0v) is 19.6. The van der Waals surface area contributed by atoms with E-state index >= 15 is 0 Å². The quantitative estimate of drug-likeness (QED) is 0.0925. The molecule has 2 aliphatic rings. The third-order valence-electron chi connectivity index (χ3n) is 4.73. The van der Waals surface area contributed by atoms with Gasteiger partial charge in [-0.15, -0.1) is 0 Å². The highest BCUT2D eigenvalue weighted by Crippen LogP contribution is 2.10. The van der Waals surface area contributed by atoms with Crippen molar-refractivity contribution in [1.82, 2.24) is 41.7 Å². The minimum absolute atomic E-state index is 0.137. The standard InChI is InChI=1S/C11H16N8O8.C8H8O3/c20-2-18-4(6(22)16-10(18)26)14-8(24)12-1-13-9(25)15-5-7(23)17-11(27)19(5)3-21;1-11-8(10)6-2-4-7(9)5-3-6/h4-5,20-21H,1-3H2,(H2,12,14,24)(H2,13,15,25)(H,16,22,26)(H,17,23,27);2-5,9H,1H3. The molecule has 2 heterocycles. The predicted octanol–water partition coefficient (Wildman–Crippen LogP) is -3.62. The van der Waals surface area contributed by atoms with Crippen molar-refractivity contribution >= 4 is 41.9 Å². The number of nitrogens with zero attached hydrogens (tertiary/aromatic N) is 2. The maximum absolute atomic E-state index is 11.7. The number of rotatable bonds is 7. The van der Waals surface area contributed by atoms with Gasteiger partial charge in [-0.2, -0.15) is 0 Å². The summed E-state index contributed by atoms with van der Waals surface area (Å²) >= 11 is 0. The number of methoxy groups -OCH3 is 1. The highest BCUT2D eigenvalue weighted by Gasteiger charge is 2.40. The number of aliphatic hydroxyl groups is 2. The second-order valence-electron chi connectivity index (χ2n) is 7.13. The largest absolute Gasteiger partial charge is 0.508 e. The number of nitrogens with one attached hydrogen (secondary N) is 6. The average molecular weight is 540 g/mol. The van der Waals surface area contributed by atoms with Crippen molar-refractivity contribution in [3.8, 4) is 5.75 Å². The monoisotopic (exact) mass is 540 g/mol. The van der Waals surface area contributed by atoms with E-state index in [9.17, 15) is 33.6 Å². The van der Waals surface area contributed by atoms with Crippen LogP contribution < -0.4 is 31.9 Å². The van der Waals surface area contributed by atoms with Crippen LogP contribution in [0.25, 0.3) is 0 Å². The molecule has 2 fully saturated rings. The number of hydrogen-bond donors (Lipinski definition) is 9. The van der Waals surface area contributed by atoms with Crippen molar-refractivity contribution < 1.29 is 53.6 Å². The summed E-state index contributed by atoms with van der Waals surface area (Å²) in [5.74, 6) is -1.96. The number of aliphatic hydroxyl groups excluding tert-OH is 2. The Bertz CT molecular complexity index is 1040. The predicted molar refractivity (Wildman–Crippen MR) is 120 cm³/mol. The Labute approximate surface area is 213 Å². The Morgan fingerprint density at radius 3 is 1.63 bits per heavy atom. The Morgan fingerprint density at radius 2 is 1.26 bits per heavy atom. The fourth-order valence-electron chi connectivity index (χ4n) is 2.86. The lowest BCUT2D eigenvalue weighted by molar-refractivity contribution is -0.123. The van der Waals surface area contributed by atoms with E-state index in [1.54, 1.807) is 0 Å². The number of carbonyl (C=O) groups excluding carboxylic acids is 7. The molecule has 0 aliphatic carbocycles. The number of urea groups is 4. The number of phenolic OH excluding ortho intramolecular Hbond substituents is 1. The van der Waals surface area contributed by atoms with Crippen LogP contribution >= 0.6 is 0 Å². The number of phenols is 1. The Kier molecular flexibility index (Phi) is 10.1. The first-order valence-corrected chi connectivity index (χ1v) is 10.4. The molecule has 2 atom stereocenters. The van der Waals surface area contributed by atoms with E-state index in [1.165, 1.54) is 31.4 Å². The summed E-state index contributed by atoms with van der Waals surface area (Å²) in [5, 5.41) is 39.1. The number of imide groups is 2. The lowest BCUT2D eigenvalue weighted by Crippen LogP contribution is -2.56. The van der Waals surface area contributed by atoms with Gasteiger partial charge in [-0.1, -0.05) is 0 Å². The molecule has 0 saturated carbocycles. The van der Waals surface area contributed by atoms with Crippen molar-refractivity contribution in [3.05, 3.63) is 29.8 Å². The molecule has 10 amide bonds. The molecule has 0 aromatic heterocycles. The fourth-order valence-corrected chi connectivity index (χ4v) is 2.86. The van der Waals surface area contributed by atoms with E-state index in [-0.39, 0.29) is 5.75 Å². The summed E-state index contributed by atoms with van der Waals surface area (Å²) in [5.41, 5.74) is 0.435. The molecule has 38 heavy (non-hydrogen) atoms. The van der Waals surface area contributed by atoms with Crippen LogP contribution in [0, 0.1) is 0 Å². The molecule has 3 rings (SSSR count). The second kappa shape index (κ2) is 13.2. The minimum atomic E-state index is -1.43. The lowest BCUT2D eigenvalue weighted by atomic mass is 10.2. The van der Waals surface area contributed by atoms with Gasteiger partial charge in [0, 0.05) is 0 Å². The van der Waals surface area contributed by atoms with Crippen molar-refractivity contribution in [2.75, 3.05) is 27.2 Å². The topological polar surface area (TPSA) is 268 Å². The van der Waals surface area contributed by atoms with Gasteiger partial charge in [-0.05, 0) is 24.3 Å². The first-order chi connectivity index (χ1) is 18.0. The van der Waals surface area contributed by atoms with E-state index < -0.39 is 74.4 Å². The number of hydrogen-bond acceptors (Lipinski definition) is 11. The van der Waals surface area contributed by atoms with Crippen LogP contribution in [0.2, 0.25) is 0 Å². The maximum Gasteiger partial charge on any atom is 0.337 e. The van der Waals surface area contributed by atoms with Crippen LogP contribution in [-0.2, 0) is 14.3 Å². The number of carbonyl (C=O) groups is 7. The van der Waals surface area contributed by atoms with Crippen LogP contribution in [0.1, 0.15) is 10.4 Å². The Balaban J connectivity index is 0.000000384. The van der Waals surface area contributed by atoms with Crippen LogP contribution in [0.3, 0.4) is 0 Å². The molecule has 0 radical (unpaired) electrons. The maximum atomic E-state index is 11.7. The molecular formula is C19H24N8O11. The van der Waals surface area contributed by atoms with E-state index in [4.69, 9.17) is 15.3 Å². The molecular weight excluding hydrogens is 516 g/mol. The van der Waals surface area contributed by atoms with Gasteiger partial charge in [0.2, 0.25) is 0 Å². The summed E-state index contributed by atoms with van der Waals surface area (Å²) in [6, 6.07) is 2.20. The first-order valence-electron chi connectivity index (χ1n) is 10.4. The normalized spacial score (nSPS) is 18.1. The zero-order valence-electron chi connectivity index (χ0n) is 19.6. The van der Waals surface area contributed by atoms with E-state index in [0.717, 1.165) is 0 Å². The molecule has 19 nitrogen and oxygen atoms in total. The van der Waals surface area contributed by atoms with E-state index in [1.807, 2.05) is 10.6 Å². The van der Waals surface area contributed by atoms with Crippen molar-refractivity contribution in [2.45, 2.75) is 12.3 Å². The van der Waals surface area contributed by atoms with E-state index in [0.29, 0.717) is 15.4 Å². The summed E-state index contributed by atoms with van der Waals surface area (Å²) in [7, 11) is 1.31. The molecule has 1 aromatic rings. The second-order valence-corrected chi connectivity index (χ2v) is 7.13. The number of benzene rings is 1. The molecule has 2 unspecified atom stereocenters. The number of amides is 10. The van der Waals surface area contributed by atoms with Crippen molar-refractivity contribution in [3.63, 3.8) is 0 Å². The molecule has 2 saturated heterocycles. The van der Waals surface area contributed by atoms with Gasteiger partial charge in [-0.25, -0.2) is 24.0 Å². The van der Waals surface area contributed by atoms with Gasteiger partial charge in [0.05, 0.1) is 19.3 Å². The zero-order chi connectivity index (χ0) is 28.4. The van der Waals surface area contributed by atoms with Gasteiger partial charge < -0.3 is 41.3 Å². The third-order valence-corrected chi connectivity index (χ3v) is 4.73. The molecule has 19 heteroatoms. The van der Waals surface area contributed by atoms with Gasteiger partial charge >= 0.3 is 30.1 Å². The highest BCUT2D eigenvalue weighted by atomic mass is 16.5. The van der Waals surface area contributed by atoms with Crippen LogP contribution in [0.5, 0.6) is 5.75 Å². The van der Waals surface area contributed by atoms with Crippen molar-refractivity contribution in [1.29, 1.82) is 0 Å². The lowest BCUT2D eigenvalue weighted by Gasteiger charge is -2.21. The Morgan fingerprint density at radius 1 is 0.842 bits per heavy atom. The molecule has 1 aromatic carbocycles. The highest BCUT2D eigenvalue weighted by molar-refractivity contribution is 6.05. The van der Waals surface area contributed by atoms with Gasteiger partial charge in [0.25, 0.3) is 11.8 Å². The number of esters is 1.